The summed E-state index contributed by atoms with van der Waals surface area (Å²) in [5.41, 5.74) is 6.73. The zero-order valence-corrected chi connectivity index (χ0v) is 24.0. The number of halogens is 1. The number of benzene rings is 3. The lowest BCUT2D eigenvalue weighted by atomic mass is 9.96. The molecule has 8 heteroatoms. The molecule has 0 bridgehead atoms. The fourth-order valence-electron chi connectivity index (χ4n) is 4.84. The van der Waals surface area contributed by atoms with Crippen LogP contribution in [0.3, 0.4) is 0 Å². The number of thioether (sulfide) groups is 1. The van der Waals surface area contributed by atoms with E-state index in [9.17, 15) is 9.59 Å². The van der Waals surface area contributed by atoms with Gasteiger partial charge in [0.15, 0.2) is 0 Å². The quantitative estimate of drug-likeness (QED) is 0.293. The lowest BCUT2D eigenvalue weighted by molar-refractivity contribution is -0.123. The summed E-state index contributed by atoms with van der Waals surface area (Å²) >= 11 is 7.81. The third-order valence-corrected chi connectivity index (χ3v) is 8.20. The minimum Gasteiger partial charge on any atom is -0.352 e. The van der Waals surface area contributed by atoms with Gasteiger partial charge in [0, 0.05) is 22.2 Å². The molecule has 0 radical (unpaired) electrons. The molecule has 0 unspecified atom stereocenters. The van der Waals surface area contributed by atoms with E-state index in [0.29, 0.717) is 10.8 Å². The topological polar surface area (TPSA) is 67.2 Å². The molecule has 0 saturated heterocycles. The molecule has 1 aliphatic heterocycles. The zero-order chi connectivity index (χ0) is 27.7. The van der Waals surface area contributed by atoms with Gasteiger partial charge in [-0.2, -0.15) is 5.10 Å². The number of nitrogens with zero attached hydrogens (tertiary/aromatic N) is 3. The van der Waals surface area contributed by atoms with Crippen molar-refractivity contribution in [2.24, 2.45) is 0 Å². The molecule has 1 N–H and O–H groups in total. The summed E-state index contributed by atoms with van der Waals surface area (Å²) in [6.07, 6.45) is 0. The van der Waals surface area contributed by atoms with Crippen molar-refractivity contribution in [2.45, 2.75) is 39.0 Å². The zero-order valence-electron chi connectivity index (χ0n) is 22.4. The van der Waals surface area contributed by atoms with Crippen LogP contribution in [0.5, 0.6) is 0 Å². The first-order valence-electron chi connectivity index (χ1n) is 13.0. The minimum atomic E-state index is -0.214. The highest BCUT2D eigenvalue weighted by molar-refractivity contribution is 8.00. The Kier molecular flexibility index (Phi) is 7.82. The van der Waals surface area contributed by atoms with E-state index in [2.05, 4.69) is 24.4 Å². The maximum atomic E-state index is 13.8. The average Bonchev–Trinajstić information content (AvgIpc) is 3.22. The van der Waals surface area contributed by atoms with Crippen molar-refractivity contribution in [3.05, 3.63) is 100 Å². The summed E-state index contributed by atoms with van der Waals surface area (Å²) < 4.78 is 1.82. The molecule has 6 nitrogen and oxygen atoms in total. The van der Waals surface area contributed by atoms with Gasteiger partial charge in [0.1, 0.15) is 12.4 Å². The van der Waals surface area contributed by atoms with Gasteiger partial charge in [-0.25, -0.2) is 4.68 Å². The number of amides is 2. The van der Waals surface area contributed by atoms with Gasteiger partial charge < -0.3 is 5.32 Å². The lowest BCUT2D eigenvalue weighted by Crippen LogP contribution is -2.44. The van der Waals surface area contributed by atoms with Crippen LogP contribution in [-0.2, 0) is 9.59 Å². The van der Waals surface area contributed by atoms with E-state index in [1.165, 1.54) is 0 Å². The molecule has 4 aromatic rings. The predicted octanol–water partition coefficient (Wildman–Crippen LogP) is 6.50. The second kappa shape index (κ2) is 11.3. The van der Waals surface area contributed by atoms with E-state index in [-0.39, 0.29) is 35.4 Å². The Morgan fingerprint density at radius 2 is 1.74 bits per heavy atom. The molecule has 1 atom stereocenters. The van der Waals surface area contributed by atoms with Crippen LogP contribution < -0.4 is 10.2 Å². The first-order chi connectivity index (χ1) is 18.7. The average molecular weight is 559 g/mol. The normalized spacial score (nSPS) is 15.3. The van der Waals surface area contributed by atoms with Crippen molar-refractivity contribution in [3.63, 3.8) is 0 Å². The number of hydrogen-bond acceptors (Lipinski definition) is 4. The molecule has 1 aliphatic rings. The molecule has 0 spiro atoms. The predicted molar refractivity (Wildman–Crippen MR) is 160 cm³/mol. The minimum absolute atomic E-state index is 0.0419. The van der Waals surface area contributed by atoms with Crippen LogP contribution in [0.1, 0.15) is 41.4 Å². The Morgan fingerprint density at radius 1 is 1.05 bits per heavy atom. The highest BCUT2D eigenvalue weighted by Crippen LogP contribution is 2.49. The highest BCUT2D eigenvalue weighted by atomic mass is 35.5. The number of nitrogens with one attached hydrogen (secondary N) is 1. The van der Waals surface area contributed by atoms with E-state index < -0.39 is 0 Å². The van der Waals surface area contributed by atoms with Crippen LogP contribution in [0.2, 0.25) is 5.02 Å². The number of fused-ring (bicyclic) bond motifs is 1. The van der Waals surface area contributed by atoms with Crippen molar-refractivity contribution in [3.8, 4) is 16.9 Å². The number of aryl methyl sites for hydroxylation is 2. The first kappa shape index (κ1) is 27.0. The molecule has 0 aliphatic carbocycles. The molecule has 2 amide bonds. The summed E-state index contributed by atoms with van der Waals surface area (Å²) in [5, 5.41) is 8.53. The van der Waals surface area contributed by atoms with Crippen molar-refractivity contribution in [2.75, 3.05) is 17.2 Å². The van der Waals surface area contributed by atoms with Gasteiger partial charge in [-0.15, -0.1) is 11.8 Å². The van der Waals surface area contributed by atoms with Crippen LogP contribution in [0.25, 0.3) is 16.9 Å². The smallest absolute Gasteiger partial charge is 0.240 e. The Bertz CT molecular complexity index is 1510. The van der Waals surface area contributed by atoms with Gasteiger partial charge in [0.05, 0.1) is 22.4 Å². The maximum absolute atomic E-state index is 13.8. The van der Waals surface area contributed by atoms with E-state index in [1.54, 1.807) is 16.7 Å². The number of carbonyl (C=O) groups is 2. The van der Waals surface area contributed by atoms with Gasteiger partial charge >= 0.3 is 0 Å². The Hall–Kier alpha value is -3.55. The maximum Gasteiger partial charge on any atom is 0.240 e. The van der Waals surface area contributed by atoms with Gasteiger partial charge in [-0.3, -0.25) is 14.5 Å². The first-order valence-corrected chi connectivity index (χ1v) is 14.4. The monoisotopic (exact) mass is 558 g/mol. The van der Waals surface area contributed by atoms with Crippen molar-refractivity contribution >= 4 is 41.0 Å². The molecular weight excluding hydrogens is 528 g/mol. The third-order valence-electron chi connectivity index (χ3n) is 6.71. The summed E-state index contributed by atoms with van der Waals surface area (Å²) in [4.78, 5) is 28.4. The van der Waals surface area contributed by atoms with Gasteiger partial charge in [-0.1, -0.05) is 65.7 Å². The highest BCUT2D eigenvalue weighted by Gasteiger charge is 2.38. The van der Waals surface area contributed by atoms with Crippen LogP contribution in [-0.4, -0.2) is 39.9 Å². The second-order valence-electron chi connectivity index (χ2n) is 10.1. The van der Waals surface area contributed by atoms with Crippen LogP contribution >= 0.6 is 23.4 Å². The second-order valence-corrected chi connectivity index (χ2v) is 11.6. The fourth-order valence-corrected chi connectivity index (χ4v) is 6.26. The molecule has 0 fully saturated rings. The van der Waals surface area contributed by atoms with Gasteiger partial charge in [-0.05, 0) is 63.1 Å². The number of anilines is 1. The van der Waals surface area contributed by atoms with E-state index >= 15 is 0 Å². The SMILES string of the molecule is Cc1ccc(-n2nc(-c3ccc(Cl)cc3)c3c2N(CC(=O)NC(C)C)C(=O)CS[C@@H]3c2ccccc2C)cc1. The van der Waals surface area contributed by atoms with E-state index in [4.69, 9.17) is 16.7 Å². The lowest BCUT2D eigenvalue weighted by Gasteiger charge is -2.24. The fraction of sp³-hybridized carbons (Fsp3) is 0.258. The summed E-state index contributed by atoms with van der Waals surface area (Å²) in [6.45, 7) is 7.84. The van der Waals surface area contributed by atoms with Crippen LogP contribution in [0.4, 0.5) is 5.82 Å². The largest absolute Gasteiger partial charge is 0.352 e. The van der Waals surface area contributed by atoms with E-state index in [0.717, 1.165) is 39.2 Å². The van der Waals surface area contributed by atoms with Gasteiger partial charge in [0.2, 0.25) is 11.8 Å². The summed E-state index contributed by atoms with van der Waals surface area (Å²) in [5.74, 6) is 0.503. The number of rotatable bonds is 6. The summed E-state index contributed by atoms with van der Waals surface area (Å²) in [7, 11) is 0. The number of aromatic nitrogens is 2. The van der Waals surface area contributed by atoms with E-state index in [1.807, 2.05) is 86.1 Å². The number of carbonyl (C=O) groups excluding carboxylic acids is 2. The van der Waals surface area contributed by atoms with Crippen molar-refractivity contribution < 1.29 is 9.59 Å². The van der Waals surface area contributed by atoms with Crippen molar-refractivity contribution in [1.29, 1.82) is 0 Å². The Morgan fingerprint density at radius 3 is 2.41 bits per heavy atom. The molecule has 1 aromatic heterocycles. The molecule has 2 heterocycles. The van der Waals surface area contributed by atoms with Crippen molar-refractivity contribution in [1.82, 2.24) is 15.1 Å². The standard InChI is InChI=1S/C31H31ClN4O2S/c1-19(2)33-26(37)17-35-27(38)18-39-30(25-8-6-5-7-21(25)4)28-29(22-11-13-23(32)14-12-22)34-36(31(28)35)24-15-9-20(3)10-16-24/h5-16,19,30H,17-18H2,1-4H3,(H,33,37)/t30-/m1/s1. The Labute approximate surface area is 238 Å². The molecule has 0 saturated carbocycles. The molecule has 3 aromatic carbocycles. The van der Waals surface area contributed by atoms with Crippen LogP contribution in [0.15, 0.2) is 72.8 Å². The third kappa shape index (κ3) is 5.60. The molecule has 200 valence electrons. The van der Waals surface area contributed by atoms with Gasteiger partial charge in [0.25, 0.3) is 0 Å². The Balaban J connectivity index is 1.81. The molecular formula is C31H31ClN4O2S. The number of hydrogen-bond donors (Lipinski definition) is 1. The molecule has 5 rings (SSSR count). The van der Waals surface area contributed by atoms with Crippen LogP contribution in [0, 0.1) is 13.8 Å². The molecule has 39 heavy (non-hydrogen) atoms. The summed E-state index contributed by atoms with van der Waals surface area (Å²) in [6, 6.07) is 23.8.